The summed E-state index contributed by atoms with van der Waals surface area (Å²) in [5, 5.41) is 6.86. The lowest BCUT2D eigenvalue weighted by atomic mass is 10.1. The minimum absolute atomic E-state index is 0.0129. The Morgan fingerprint density at radius 2 is 1.44 bits per heavy atom. The Morgan fingerprint density at radius 3 is 2.07 bits per heavy atom. The highest BCUT2D eigenvalue weighted by atomic mass is 32.2. The summed E-state index contributed by atoms with van der Waals surface area (Å²) in [6, 6.07) is 30.5. The molecular weight excluding hydrogens is 568 g/mol. The van der Waals surface area contributed by atoms with Crippen molar-refractivity contribution in [1.29, 1.82) is 0 Å². The molecule has 0 spiro atoms. The van der Waals surface area contributed by atoms with Gasteiger partial charge in [-0.05, 0) is 78.7 Å². The molecule has 2 N–H and O–H groups in total. The zero-order chi connectivity index (χ0) is 30.7. The smallest absolute Gasteiger partial charge is 0.264 e. The van der Waals surface area contributed by atoms with Gasteiger partial charge in [-0.1, -0.05) is 48.5 Å². The third kappa shape index (κ3) is 8.66. The molecule has 0 radical (unpaired) electrons. The van der Waals surface area contributed by atoms with Crippen molar-refractivity contribution in [2.45, 2.75) is 17.9 Å². The van der Waals surface area contributed by atoms with Crippen LogP contribution in [0.1, 0.15) is 24.1 Å². The number of hydrazone groups is 1. The lowest BCUT2D eigenvalue weighted by Crippen LogP contribution is -2.39. The minimum atomic E-state index is -4.07. The third-order valence-electron chi connectivity index (χ3n) is 6.31. The van der Waals surface area contributed by atoms with Crippen molar-refractivity contribution in [3.63, 3.8) is 0 Å². The SMILES string of the molecule is COc1ccc(S(=O)(=O)N(CC(=O)N/N=C\c2ccc(OCC(=O)N[C@H](C)c3ccccc3)cc2)c2ccccc2)cc1. The van der Waals surface area contributed by atoms with Crippen LogP contribution in [0.4, 0.5) is 5.69 Å². The number of benzene rings is 4. The molecule has 0 heterocycles. The van der Waals surface area contributed by atoms with Crippen LogP contribution in [0.5, 0.6) is 11.5 Å². The largest absolute Gasteiger partial charge is 0.497 e. The fraction of sp³-hybridized carbons (Fsp3) is 0.156. The van der Waals surface area contributed by atoms with E-state index in [4.69, 9.17) is 9.47 Å². The number of sulfonamides is 1. The van der Waals surface area contributed by atoms with Gasteiger partial charge in [-0.15, -0.1) is 0 Å². The monoisotopic (exact) mass is 600 g/mol. The van der Waals surface area contributed by atoms with E-state index in [9.17, 15) is 18.0 Å². The molecular formula is C32H32N4O6S. The van der Waals surface area contributed by atoms with Gasteiger partial charge in [-0.2, -0.15) is 5.10 Å². The van der Waals surface area contributed by atoms with Crippen molar-refractivity contribution in [1.82, 2.24) is 10.7 Å². The number of nitrogens with zero attached hydrogens (tertiary/aromatic N) is 2. The van der Waals surface area contributed by atoms with Gasteiger partial charge in [0.25, 0.3) is 21.8 Å². The van der Waals surface area contributed by atoms with E-state index in [1.807, 2.05) is 37.3 Å². The predicted octanol–water partition coefficient (Wildman–Crippen LogP) is 4.30. The maximum absolute atomic E-state index is 13.4. The lowest BCUT2D eigenvalue weighted by molar-refractivity contribution is -0.123. The summed E-state index contributed by atoms with van der Waals surface area (Å²) in [5.41, 5.74) is 4.36. The van der Waals surface area contributed by atoms with Crippen LogP contribution in [0.2, 0.25) is 0 Å². The van der Waals surface area contributed by atoms with Gasteiger partial charge >= 0.3 is 0 Å². The molecule has 0 unspecified atom stereocenters. The summed E-state index contributed by atoms with van der Waals surface area (Å²) in [7, 11) is -2.58. The highest BCUT2D eigenvalue weighted by Crippen LogP contribution is 2.25. The normalized spacial score (nSPS) is 11.9. The highest BCUT2D eigenvalue weighted by Gasteiger charge is 2.27. The Hall–Kier alpha value is -5.16. The average molecular weight is 601 g/mol. The average Bonchev–Trinajstić information content (AvgIpc) is 3.04. The summed E-state index contributed by atoms with van der Waals surface area (Å²) in [4.78, 5) is 25.0. The van der Waals surface area contributed by atoms with Crippen LogP contribution in [0.3, 0.4) is 0 Å². The van der Waals surface area contributed by atoms with Crippen LogP contribution in [-0.2, 0) is 19.6 Å². The molecule has 4 aromatic carbocycles. The molecule has 4 aromatic rings. The van der Waals surface area contributed by atoms with Crippen molar-refractivity contribution in [2.75, 3.05) is 24.6 Å². The Bertz CT molecular complexity index is 1630. The number of carbonyl (C=O) groups excluding carboxylic acids is 2. The molecule has 0 fully saturated rings. The Kier molecular flexibility index (Phi) is 10.5. The first-order valence-corrected chi connectivity index (χ1v) is 14.8. The molecule has 2 amide bonds. The third-order valence-corrected chi connectivity index (χ3v) is 8.10. The molecule has 11 heteroatoms. The quantitative estimate of drug-likeness (QED) is 0.174. The number of hydrogen-bond donors (Lipinski definition) is 2. The number of nitrogens with one attached hydrogen (secondary N) is 2. The van der Waals surface area contributed by atoms with Crippen LogP contribution in [0.25, 0.3) is 0 Å². The van der Waals surface area contributed by atoms with E-state index in [0.717, 1.165) is 9.87 Å². The van der Waals surface area contributed by atoms with Crippen LogP contribution < -0.4 is 24.5 Å². The van der Waals surface area contributed by atoms with E-state index in [-0.39, 0.29) is 23.5 Å². The number of rotatable bonds is 13. The molecule has 0 aliphatic heterocycles. The van der Waals surface area contributed by atoms with Gasteiger partial charge < -0.3 is 14.8 Å². The Morgan fingerprint density at radius 1 is 0.837 bits per heavy atom. The zero-order valence-corrected chi connectivity index (χ0v) is 24.5. The van der Waals surface area contributed by atoms with E-state index in [1.54, 1.807) is 54.6 Å². The first-order valence-electron chi connectivity index (χ1n) is 13.4. The zero-order valence-electron chi connectivity index (χ0n) is 23.7. The van der Waals surface area contributed by atoms with Gasteiger partial charge in [0.2, 0.25) is 0 Å². The molecule has 4 rings (SSSR count). The number of para-hydroxylation sites is 1. The summed E-state index contributed by atoms with van der Waals surface area (Å²) < 4.78 is 38.6. The molecule has 0 saturated heterocycles. The molecule has 0 aromatic heterocycles. The van der Waals surface area contributed by atoms with Crippen LogP contribution in [0.15, 0.2) is 119 Å². The van der Waals surface area contributed by atoms with E-state index in [1.165, 1.54) is 37.6 Å². The minimum Gasteiger partial charge on any atom is -0.497 e. The number of anilines is 1. The highest BCUT2D eigenvalue weighted by molar-refractivity contribution is 7.92. The van der Waals surface area contributed by atoms with Gasteiger partial charge in [0.1, 0.15) is 18.0 Å². The number of amides is 2. The second kappa shape index (κ2) is 14.6. The number of ether oxygens (including phenoxy) is 2. The molecule has 222 valence electrons. The molecule has 0 bridgehead atoms. The molecule has 0 aliphatic carbocycles. The maximum Gasteiger partial charge on any atom is 0.264 e. The molecule has 43 heavy (non-hydrogen) atoms. The second-order valence-electron chi connectivity index (χ2n) is 9.37. The van der Waals surface area contributed by atoms with E-state index in [0.29, 0.717) is 22.7 Å². The van der Waals surface area contributed by atoms with Gasteiger partial charge in [-0.3, -0.25) is 13.9 Å². The fourth-order valence-corrected chi connectivity index (χ4v) is 5.46. The van der Waals surface area contributed by atoms with Crippen molar-refractivity contribution in [3.8, 4) is 11.5 Å². The molecule has 0 saturated carbocycles. The molecule has 1 atom stereocenters. The lowest BCUT2D eigenvalue weighted by Gasteiger charge is -2.23. The van der Waals surface area contributed by atoms with Gasteiger partial charge in [-0.25, -0.2) is 13.8 Å². The second-order valence-corrected chi connectivity index (χ2v) is 11.2. The maximum atomic E-state index is 13.4. The van der Waals surface area contributed by atoms with Gasteiger partial charge in [0, 0.05) is 0 Å². The number of methoxy groups -OCH3 is 1. The van der Waals surface area contributed by atoms with E-state index in [2.05, 4.69) is 15.8 Å². The number of hydrogen-bond acceptors (Lipinski definition) is 7. The summed E-state index contributed by atoms with van der Waals surface area (Å²) in [5.74, 6) is 0.123. The standard InChI is InChI=1S/C32H32N4O6S/c1-24(26-9-5-3-6-10-26)34-32(38)23-42-29-15-13-25(14-16-29)21-33-35-31(37)22-36(27-11-7-4-8-12-27)43(39,40)30-19-17-28(41-2)18-20-30/h3-21,24H,22-23H2,1-2H3,(H,34,38)(H,35,37)/b33-21-/t24-/m1/s1. The Balaban J connectivity index is 1.32. The predicted molar refractivity (Wildman–Crippen MR) is 165 cm³/mol. The van der Waals surface area contributed by atoms with Crippen LogP contribution in [-0.4, -0.2) is 46.7 Å². The molecule has 10 nitrogen and oxygen atoms in total. The first-order chi connectivity index (χ1) is 20.8. The van der Waals surface area contributed by atoms with E-state index < -0.39 is 22.5 Å². The van der Waals surface area contributed by atoms with Crippen molar-refractivity contribution in [2.24, 2.45) is 5.10 Å². The first kappa shape index (κ1) is 30.8. The topological polar surface area (TPSA) is 126 Å². The fourth-order valence-electron chi connectivity index (χ4n) is 4.04. The number of carbonyl (C=O) groups is 2. The summed E-state index contributed by atoms with van der Waals surface area (Å²) in [6.45, 7) is 1.27. The van der Waals surface area contributed by atoms with Crippen molar-refractivity contribution >= 4 is 33.7 Å². The van der Waals surface area contributed by atoms with Crippen molar-refractivity contribution in [3.05, 3.63) is 120 Å². The van der Waals surface area contributed by atoms with Crippen LogP contribution in [0, 0.1) is 0 Å². The summed E-state index contributed by atoms with van der Waals surface area (Å²) >= 11 is 0. The van der Waals surface area contributed by atoms with Crippen molar-refractivity contribution < 1.29 is 27.5 Å². The van der Waals surface area contributed by atoms with E-state index >= 15 is 0 Å². The van der Waals surface area contributed by atoms with Gasteiger partial charge in [0.15, 0.2) is 6.61 Å². The Labute approximate surface area is 251 Å². The van der Waals surface area contributed by atoms with Gasteiger partial charge in [0.05, 0.1) is 29.9 Å². The molecule has 0 aliphatic rings. The summed E-state index contributed by atoms with van der Waals surface area (Å²) in [6.07, 6.45) is 1.42. The van der Waals surface area contributed by atoms with Crippen LogP contribution >= 0.6 is 0 Å².